The molecule has 0 atom stereocenters. The molecule has 0 heterocycles. The van der Waals surface area contributed by atoms with Crippen LogP contribution in [0.2, 0.25) is 0 Å². The molecule has 0 bridgehead atoms. The predicted molar refractivity (Wildman–Crippen MR) is 215 cm³/mol. The van der Waals surface area contributed by atoms with Gasteiger partial charge < -0.3 is 28.2 Å². The summed E-state index contributed by atoms with van der Waals surface area (Å²) in [6.07, 6.45) is 5.51. The Morgan fingerprint density at radius 1 is 0.552 bits per heavy atom. The van der Waals surface area contributed by atoms with Crippen LogP contribution in [0.1, 0.15) is 27.0 Å². The number of carbonyl (C=O) groups is 1. The monoisotopic (exact) mass is 812 g/mol. The predicted octanol–water partition coefficient (Wildman–Crippen LogP) is 7.96. The molecule has 0 aliphatic carbocycles. The van der Waals surface area contributed by atoms with Gasteiger partial charge in [-0.15, -0.1) is 6.42 Å². The number of benzene rings is 7. The second kappa shape index (κ2) is 18.7. The molecule has 0 amide bonds. The minimum absolute atomic E-state index is 0. The van der Waals surface area contributed by atoms with Gasteiger partial charge in [0.05, 0.1) is 7.11 Å². The van der Waals surface area contributed by atoms with Crippen molar-refractivity contribution >= 4 is 15.9 Å². The summed E-state index contributed by atoms with van der Waals surface area (Å²) >= 11 is 0. The maximum Gasteiger partial charge on any atom is 1.00 e. The molecule has 0 saturated carbocycles. The molecule has 11 heteroatoms. The Kier molecular flexibility index (Phi) is 13.5. The molecule has 7 aromatic rings. The number of hydrogen-bond acceptors (Lipinski definition) is 9. The molecule has 282 valence electrons. The molecule has 0 aromatic heterocycles. The Labute approximate surface area is 379 Å². The first kappa shape index (κ1) is 41.9. The van der Waals surface area contributed by atoms with Crippen molar-refractivity contribution in [3.8, 4) is 75.2 Å². The van der Waals surface area contributed by atoms with Crippen LogP contribution in [0.5, 0.6) is 51.7 Å². The third kappa shape index (κ3) is 10.4. The third-order valence-electron chi connectivity index (χ3n) is 8.73. The van der Waals surface area contributed by atoms with Crippen LogP contribution in [0.3, 0.4) is 0 Å². The molecule has 0 unspecified atom stereocenters. The van der Waals surface area contributed by atoms with Crippen molar-refractivity contribution in [1.29, 1.82) is 0 Å². The standard InChI is InChI=1S/C47H34O9S.K/c1-4-32-6-8-33(9-7-32)43-29-31(2)5-27-44(43)56-42-26-28-45(46(30-42)57(49,50)51)55-41-16-12-35(13-17-41)47(48)34-10-14-37(15-11-34)53-39-22-24-40(25-23-39)54-38-20-18-36(52-3)19-21-38;/h1,5-30H,2-3H3,(H,49,50,51);/q;+1/p-1. The van der Waals surface area contributed by atoms with Gasteiger partial charge in [-0.1, -0.05) is 29.7 Å². The fraction of sp³-hybridized carbons (Fsp3) is 0.0426. The van der Waals surface area contributed by atoms with E-state index >= 15 is 0 Å². The fourth-order valence-corrected chi connectivity index (χ4v) is 6.41. The summed E-state index contributed by atoms with van der Waals surface area (Å²) in [5.74, 6) is 6.10. The van der Waals surface area contributed by atoms with Crippen LogP contribution in [-0.2, 0) is 10.1 Å². The smallest absolute Gasteiger partial charge is 0.744 e. The molecule has 0 radical (unpaired) electrons. The van der Waals surface area contributed by atoms with E-state index in [9.17, 15) is 17.8 Å². The number of carbonyl (C=O) groups excluding carboxylic acids is 1. The Morgan fingerprint density at radius 3 is 1.47 bits per heavy atom. The van der Waals surface area contributed by atoms with Crippen LogP contribution < -0.4 is 75.1 Å². The topological polar surface area (TPSA) is 120 Å². The summed E-state index contributed by atoms with van der Waals surface area (Å²) < 4.78 is 66.1. The maximum absolute atomic E-state index is 13.3. The van der Waals surface area contributed by atoms with Gasteiger partial charge in [-0.25, -0.2) is 8.42 Å². The normalized spacial score (nSPS) is 10.7. The molecule has 0 N–H and O–H groups in total. The van der Waals surface area contributed by atoms with E-state index < -0.39 is 15.0 Å². The van der Waals surface area contributed by atoms with E-state index in [4.69, 9.17) is 30.1 Å². The van der Waals surface area contributed by atoms with Gasteiger partial charge in [-0.05, 0) is 146 Å². The molecule has 58 heavy (non-hydrogen) atoms. The Hall–Kier alpha value is -5.68. The minimum Gasteiger partial charge on any atom is -0.744 e. The molecule has 0 fully saturated rings. The molecule has 0 saturated heterocycles. The Bertz CT molecular complexity index is 2690. The largest absolute Gasteiger partial charge is 1.00 e. The molecule has 0 aliphatic rings. The SMILES string of the molecule is C#Cc1ccc(-c2cc(C)ccc2Oc2ccc(Oc3ccc(C(=O)c4ccc(Oc5ccc(Oc6ccc(OC)cc6)cc5)cc4)cc3)c(S(=O)(=O)[O-])c2)cc1.[K+]. The van der Waals surface area contributed by atoms with Crippen molar-refractivity contribution in [2.45, 2.75) is 11.8 Å². The molecule has 7 rings (SSSR count). The number of terminal acetylenes is 1. The number of aryl methyl sites for hydroxylation is 1. The summed E-state index contributed by atoms with van der Waals surface area (Å²) in [7, 11) is -3.38. The average molecular weight is 813 g/mol. The quantitative estimate of drug-likeness (QED) is 0.0495. The summed E-state index contributed by atoms with van der Waals surface area (Å²) in [4.78, 5) is 12.7. The number of methoxy groups -OCH3 is 1. The van der Waals surface area contributed by atoms with Crippen LogP contribution in [0.15, 0.2) is 163 Å². The van der Waals surface area contributed by atoms with Crippen molar-refractivity contribution < 1.29 is 92.8 Å². The first-order valence-corrected chi connectivity index (χ1v) is 18.9. The molecule has 0 spiro atoms. The van der Waals surface area contributed by atoms with Crippen molar-refractivity contribution in [3.05, 3.63) is 180 Å². The molecular weight excluding hydrogens is 780 g/mol. The van der Waals surface area contributed by atoms with Gasteiger partial charge in [-0.2, -0.15) is 0 Å². The van der Waals surface area contributed by atoms with Gasteiger partial charge in [0.15, 0.2) is 5.78 Å². The summed E-state index contributed by atoms with van der Waals surface area (Å²) in [5.41, 5.74) is 4.10. The van der Waals surface area contributed by atoms with Crippen LogP contribution >= 0.6 is 0 Å². The van der Waals surface area contributed by atoms with Gasteiger partial charge in [0.1, 0.15) is 66.8 Å². The van der Waals surface area contributed by atoms with Crippen LogP contribution in [0.4, 0.5) is 0 Å². The second-order valence-electron chi connectivity index (χ2n) is 12.7. The minimum atomic E-state index is -4.99. The summed E-state index contributed by atoms with van der Waals surface area (Å²) in [5, 5.41) is 0. The Balaban J connectivity index is 0.00000567. The van der Waals surface area contributed by atoms with Gasteiger partial charge in [0.2, 0.25) is 0 Å². The van der Waals surface area contributed by atoms with Gasteiger partial charge in [-0.3, -0.25) is 4.79 Å². The average Bonchev–Trinajstić information content (AvgIpc) is 3.23. The van der Waals surface area contributed by atoms with Crippen molar-refractivity contribution in [2.24, 2.45) is 0 Å². The van der Waals surface area contributed by atoms with Crippen molar-refractivity contribution in [2.75, 3.05) is 7.11 Å². The molecule has 9 nitrogen and oxygen atoms in total. The van der Waals surface area contributed by atoms with E-state index in [0.717, 1.165) is 34.1 Å². The molecular formula is C47H33KO9S. The zero-order valence-electron chi connectivity index (χ0n) is 31.7. The first-order chi connectivity index (χ1) is 27.5. The van der Waals surface area contributed by atoms with Gasteiger partial charge >= 0.3 is 51.4 Å². The summed E-state index contributed by atoms with van der Waals surface area (Å²) in [6, 6.07) is 44.2. The third-order valence-corrected chi connectivity index (χ3v) is 9.58. The fourth-order valence-electron chi connectivity index (χ4n) is 5.80. The van der Waals surface area contributed by atoms with E-state index in [1.807, 2.05) is 67.6 Å². The molecule has 7 aromatic carbocycles. The van der Waals surface area contributed by atoms with Crippen molar-refractivity contribution in [3.63, 3.8) is 0 Å². The van der Waals surface area contributed by atoms with E-state index in [2.05, 4.69) is 5.92 Å². The van der Waals surface area contributed by atoms with Crippen molar-refractivity contribution in [1.82, 2.24) is 0 Å². The van der Waals surface area contributed by atoms with Crippen LogP contribution in [-0.4, -0.2) is 25.9 Å². The number of hydrogen-bond donors (Lipinski definition) is 0. The van der Waals surface area contributed by atoms with Crippen LogP contribution in [0, 0.1) is 19.3 Å². The van der Waals surface area contributed by atoms with E-state index in [1.165, 1.54) is 24.3 Å². The van der Waals surface area contributed by atoms with E-state index in [-0.39, 0.29) is 74.4 Å². The maximum atomic E-state index is 13.3. The Morgan fingerprint density at radius 2 is 0.983 bits per heavy atom. The number of ether oxygens (including phenoxy) is 5. The van der Waals surface area contributed by atoms with E-state index in [1.54, 1.807) is 73.8 Å². The second-order valence-corrected chi connectivity index (χ2v) is 14.1. The zero-order valence-corrected chi connectivity index (χ0v) is 35.6. The zero-order chi connectivity index (χ0) is 39.9. The van der Waals surface area contributed by atoms with Gasteiger partial charge in [0.25, 0.3) is 0 Å². The molecule has 0 aliphatic heterocycles. The van der Waals surface area contributed by atoms with Gasteiger partial charge in [0, 0.05) is 28.3 Å². The van der Waals surface area contributed by atoms with Crippen LogP contribution in [0.25, 0.3) is 11.1 Å². The van der Waals surface area contributed by atoms with E-state index in [0.29, 0.717) is 39.9 Å². The first-order valence-electron chi connectivity index (χ1n) is 17.5. The number of ketones is 1. The summed E-state index contributed by atoms with van der Waals surface area (Å²) in [6.45, 7) is 1.94. The number of rotatable bonds is 13.